The van der Waals surface area contributed by atoms with Crippen LogP contribution in [0.15, 0.2) is 0 Å². The zero-order chi connectivity index (χ0) is 3.58. The lowest BCUT2D eigenvalue weighted by molar-refractivity contribution is -0.0419. The third-order valence-corrected chi connectivity index (χ3v) is 0. The first-order valence-corrected chi connectivity index (χ1v) is 1.11. The SMILES string of the molecule is FN(F)P. The van der Waals surface area contributed by atoms with E-state index in [0.29, 0.717) is 0 Å². The summed E-state index contributed by atoms with van der Waals surface area (Å²) in [6.07, 6.45) is 0. The molecule has 0 aromatic heterocycles. The molecule has 0 bridgehead atoms. The van der Waals surface area contributed by atoms with Gasteiger partial charge in [-0.25, -0.2) is 0 Å². The Morgan fingerprint density at radius 1 is 1.50 bits per heavy atom. The highest BCUT2D eigenvalue weighted by Gasteiger charge is 1.72. The molecule has 0 saturated heterocycles. The highest BCUT2D eigenvalue weighted by atomic mass is 31.0. The Morgan fingerprint density at radius 2 is 1.50 bits per heavy atom. The third-order valence-electron chi connectivity index (χ3n) is 0. The summed E-state index contributed by atoms with van der Waals surface area (Å²) in [5, 5.41) is -1.08. The molecule has 0 saturated carbocycles. The van der Waals surface area contributed by atoms with Crippen LogP contribution in [-0.2, 0) is 0 Å². The summed E-state index contributed by atoms with van der Waals surface area (Å²) in [5.74, 6) is 0. The molecular weight excluding hydrogens is 83.0 g/mol. The lowest BCUT2D eigenvalue weighted by Crippen LogP contribution is -1.67. The zero-order valence-corrected chi connectivity index (χ0v) is 2.94. The van der Waals surface area contributed by atoms with Gasteiger partial charge in [-0.15, -0.1) is 0 Å². The van der Waals surface area contributed by atoms with Crippen molar-refractivity contribution in [1.29, 1.82) is 0 Å². The second-order valence-electron chi connectivity index (χ2n) is 0.259. The fourth-order valence-electron chi connectivity index (χ4n) is 0. The summed E-state index contributed by atoms with van der Waals surface area (Å²) in [7, 11) is 1.16. The van der Waals surface area contributed by atoms with Gasteiger partial charge in [-0.05, 0) is 0 Å². The molecule has 4 heavy (non-hydrogen) atoms. The van der Waals surface area contributed by atoms with Crippen LogP contribution in [0.2, 0.25) is 0 Å². The number of hydrogen-bond acceptors (Lipinski definition) is 1. The smallest absolute Gasteiger partial charge is 0.0338 e. The predicted octanol–water partition coefficient (Wildman–Crippen LogP) is 0.847. The van der Waals surface area contributed by atoms with Crippen molar-refractivity contribution in [2.45, 2.75) is 0 Å². The van der Waals surface area contributed by atoms with E-state index in [1.165, 1.54) is 0 Å². The van der Waals surface area contributed by atoms with Gasteiger partial charge >= 0.3 is 0 Å². The molecule has 1 atom stereocenters. The average Bonchev–Trinajstić information content (AvgIpc) is 0.811. The Labute approximate surface area is 24.7 Å². The van der Waals surface area contributed by atoms with Gasteiger partial charge in [0, 0.05) is 14.5 Å². The largest absolute Gasteiger partial charge is 0.0980 e. The van der Waals surface area contributed by atoms with Crippen LogP contribution in [0.4, 0.5) is 8.96 Å². The van der Waals surface area contributed by atoms with Crippen molar-refractivity contribution in [3.05, 3.63) is 0 Å². The van der Waals surface area contributed by atoms with Crippen LogP contribution in [-0.4, -0.2) is 5.11 Å². The molecule has 0 aliphatic carbocycles. The number of hydrogen-bond donors (Lipinski definition) is 0. The Bertz CT molecular complexity index is 10.8. The lowest BCUT2D eigenvalue weighted by Gasteiger charge is -1.75. The number of rotatable bonds is 0. The van der Waals surface area contributed by atoms with Gasteiger partial charge in [0.25, 0.3) is 0 Å². The van der Waals surface area contributed by atoms with Gasteiger partial charge in [-0.3, -0.25) is 0 Å². The van der Waals surface area contributed by atoms with Crippen LogP contribution >= 0.6 is 9.39 Å². The van der Waals surface area contributed by atoms with E-state index in [9.17, 15) is 8.96 Å². The molecule has 0 aromatic rings. The van der Waals surface area contributed by atoms with Gasteiger partial charge in [0.2, 0.25) is 0 Å². The topological polar surface area (TPSA) is 3.24 Å². The first-order chi connectivity index (χ1) is 1.73. The van der Waals surface area contributed by atoms with Crippen LogP contribution in [0.5, 0.6) is 0 Å². The minimum Gasteiger partial charge on any atom is -0.0980 e. The van der Waals surface area contributed by atoms with E-state index in [1.54, 1.807) is 0 Å². The molecular formula is H2F2NP. The van der Waals surface area contributed by atoms with Gasteiger partial charge in [0.15, 0.2) is 0 Å². The molecule has 0 heterocycles. The maximum atomic E-state index is 10.1. The van der Waals surface area contributed by atoms with Crippen molar-refractivity contribution in [2.75, 3.05) is 0 Å². The molecule has 0 aliphatic heterocycles. The van der Waals surface area contributed by atoms with Gasteiger partial charge < -0.3 is 0 Å². The monoisotopic (exact) mass is 85.0 g/mol. The Hall–Kier alpha value is 0.250. The zero-order valence-electron chi connectivity index (χ0n) is 1.78. The van der Waals surface area contributed by atoms with Crippen molar-refractivity contribution in [1.82, 2.24) is 5.11 Å². The minimum absolute atomic E-state index is 1.08. The predicted molar refractivity (Wildman–Crippen MR) is 13.8 cm³/mol. The van der Waals surface area contributed by atoms with E-state index in [4.69, 9.17) is 0 Å². The van der Waals surface area contributed by atoms with Gasteiger partial charge in [-0.1, -0.05) is 8.96 Å². The molecule has 1 unspecified atom stereocenters. The first-order valence-electron chi connectivity index (χ1n) is 0.596. The molecule has 0 N–H and O–H groups in total. The fraction of sp³-hybridized carbons (Fsp3) is 0. The molecule has 0 fully saturated rings. The molecule has 0 amide bonds. The van der Waals surface area contributed by atoms with Crippen LogP contribution in [0.3, 0.4) is 0 Å². The van der Waals surface area contributed by atoms with Crippen LogP contribution < -0.4 is 0 Å². The van der Waals surface area contributed by atoms with E-state index in [2.05, 4.69) is 0 Å². The van der Waals surface area contributed by atoms with Crippen molar-refractivity contribution in [2.24, 2.45) is 0 Å². The Morgan fingerprint density at radius 3 is 1.50 bits per heavy atom. The van der Waals surface area contributed by atoms with E-state index >= 15 is 0 Å². The molecule has 0 rings (SSSR count). The summed E-state index contributed by atoms with van der Waals surface area (Å²) in [4.78, 5) is 0. The quantitative estimate of drug-likeness (QED) is 0.311. The fourth-order valence-corrected chi connectivity index (χ4v) is 0. The first kappa shape index (κ1) is 4.25. The molecule has 1 nitrogen and oxygen atoms in total. The molecule has 0 aromatic carbocycles. The summed E-state index contributed by atoms with van der Waals surface area (Å²) < 4.78 is 20.3. The molecule has 0 radical (unpaired) electrons. The number of halogens is 2. The summed E-state index contributed by atoms with van der Waals surface area (Å²) in [6.45, 7) is 0. The Balaban J connectivity index is 2.32. The van der Waals surface area contributed by atoms with Crippen molar-refractivity contribution < 1.29 is 8.96 Å². The Kier molecular flexibility index (Phi) is 1.66. The maximum Gasteiger partial charge on any atom is 0.0338 e. The maximum absolute atomic E-state index is 10.1. The average molecular weight is 85.0 g/mol. The molecule has 4 heteroatoms. The van der Waals surface area contributed by atoms with Crippen molar-refractivity contribution in [3.63, 3.8) is 0 Å². The second-order valence-corrected chi connectivity index (χ2v) is 0.649. The summed E-state index contributed by atoms with van der Waals surface area (Å²) in [6, 6.07) is 0. The van der Waals surface area contributed by atoms with Crippen molar-refractivity contribution >= 4 is 9.39 Å². The standard InChI is InChI=1S/F2H2NP/c1-3(2)4/h4H2. The van der Waals surface area contributed by atoms with E-state index in [-0.39, 0.29) is 0 Å². The summed E-state index contributed by atoms with van der Waals surface area (Å²) >= 11 is 0. The highest BCUT2D eigenvalue weighted by Crippen LogP contribution is 1.94. The second kappa shape index (κ2) is 1.56. The highest BCUT2D eigenvalue weighted by molar-refractivity contribution is 7.12. The third kappa shape index (κ3) is 56.3. The van der Waals surface area contributed by atoms with E-state index in [0.717, 1.165) is 9.39 Å². The lowest BCUT2D eigenvalue weighted by atomic mass is 13.6. The molecule has 0 spiro atoms. The van der Waals surface area contributed by atoms with Crippen LogP contribution in [0.25, 0.3) is 0 Å². The van der Waals surface area contributed by atoms with Crippen molar-refractivity contribution in [3.8, 4) is 0 Å². The molecule has 26 valence electrons. The van der Waals surface area contributed by atoms with E-state index in [1.807, 2.05) is 0 Å². The molecule has 0 aliphatic rings. The normalized spacial score (nSPS) is 9.00. The van der Waals surface area contributed by atoms with Gasteiger partial charge in [-0.2, -0.15) is 0 Å². The van der Waals surface area contributed by atoms with Gasteiger partial charge in [0.05, 0.1) is 0 Å². The van der Waals surface area contributed by atoms with Gasteiger partial charge in [0.1, 0.15) is 0 Å². The van der Waals surface area contributed by atoms with Crippen LogP contribution in [0, 0.1) is 0 Å². The number of nitrogens with zero attached hydrogens (tertiary/aromatic N) is 1. The summed E-state index contributed by atoms with van der Waals surface area (Å²) in [5.41, 5.74) is 0. The van der Waals surface area contributed by atoms with E-state index < -0.39 is 5.11 Å². The van der Waals surface area contributed by atoms with Crippen LogP contribution in [0.1, 0.15) is 0 Å². The minimum atomic E-state index is -1.08.